The molecule has 0 aromatic heterocycles. The lowest BCUT2D eigenvalue weighted by atomic mass is 10.1. The summed E-state index contributed by atoms with van der Waals surface area (Å²) in [6.45, 7) is 4.27. The number of ether oxygens (including phenoxy) is 2. The van der Waals surface area contributed by atoms with Crippen molar-refractivity contribution in [2.75, 3.05) is 47.5 Å². The molecule has 0 amide bonds. The number of phosphoric ester groups is 1. The van der Waals surface area contributed by atoms with Crippen LogP contribution in [0.4, 0.5) is 0 Å². The third-order valence-electron chi connectivity index (χ3n) is 10.2. The van der Waals surface area contributed by atoms with E-state index >= 15 is 0 Å². The van der Waals surface area contributed by atoms with Crippen LogP contribution in [0.2, 0.25) is 0 Å². The van der Waals surface area contributed by atoms with Gasteiger partial charge < -0.3 is 18.9 Å². The smallest absolute Gasteiger partial charge is 0.462 e. The van der Waals surface area contributed by atoms with Crippen molar-refractivity contribution in [3.05, 3.63) is 72.9 Å². The SMILES string of the molecule is CC/C=C\C/C=C\C/C=C\CCCCCCCC(=O)OCC(COP(=O)(O)OCC[N+](C)(C)C)OC(=O)CCCCCCCCCC/C=C\C/C=C\C/C=C\CCCCCCC. The zero-order valence-electron chi connectivity index (χ0n) is 40.3. The lowest BCUT2D eigenvalue weighted by molar-refractivity contribution is -0.870. The Morgan fingerprint density at radius 2 is 0.919 bits per heavy atom. The number of nitrogens with zero attached hydrogens (tertiary/aromatic N) is 1. The highest BCUT2D eigenvalue weighted by Gasteiger charge is 2.27. The zero-order chi connectivity index (χ0) is 45.7. The highest BCUT2D eigenvalue weighted by Crippen LogP contribution is 2.43. The first kappa shape index (κ1) is 59.5. The van der Waals surface area contributed by atoms with E-state index in [1.165, 1.54) is 64.2 Å². The molecule has 0 radical (unpaired) electrons. The maximum absolute atomic E-state index is 12.7. The molecular weight excluding hydrogens is 798 g/mol. The van der Waals surface area contributed by atoms with Crippen LogP contribution in [0.15, 0.2) is 72.9 Å². The van der Waals surface area contributed by atoms with Crippen molar-refractivity contribution in [3.8, 4) is 0 Å². The maximum Gasteiger partial charge on any atom is 0.472 e. The first-order valence-corrected chi connectivity index (χ1v) is 26.2. The number of hydrogen-bond donors (Lipinski definition) is 1. The van der Waals surface area contributed by atoms with E-state index in [-0.39, 0.29) is 32.0 Å². The summed E-state index contributed by atoms with van der Waals surface area (Å²) in [6, 6.07) is 0. The molecule has 0 fully saturated rings. The summed E-state index contributed by atoms with van der Waals surface area (Å²) in [4.78, 5) is 35.5. The van der Waals surface area contributed by atoms with Gasteiger partial charge in [0.15, 0.2) is 6.10 Å². The third kappa shape index (κ3) is 46.9. The Balaban J connectivity index is 4.31. The molecule has 2 atom stereocenters. The summed E-state index contributed by atoms with van der Waals surface area (Å²) in [7, 11) is 1.45. The predicted molar refractivity (Wildman–Crippen MR) is 261 cm³/mol. The van der Waals surface area contributed by atoms with Crippen LogP contribution in [0.1, 0.15) is 194 Å². The van der Waals surface area contributed by atoms with Gasteiger partial charge in [-0.2, -0.15) is 0 Å². The number of esters is 2. The average Bonchev–Trinajstić information content (AvgIpc) is 3.23. The molecule has 62 heavy (non-hydrogen) atoms. The second kappa shape index (κ2) is 43.7. The lowest BCUT2D eigenvalue weighted by Gasteiger charge is -2.24. The largest absolute Gasteiger partial charge is 0.472 e. The molecular formula is C52H93NO8P+. The Labute approximate surface area is 380 Å². The summed E-state index contributed by atoms with van der Waals surface area (Å²) in [5, 5.41) is 0. The second-order valence-corrected chi connectivity index (χ2v) is 18.9. The van der Waals surface area contributed by atoms with Crippen molar-refractivity contribution in [1.29, 1.82) is 0 Å². The van der Waals surface area contributed by atoms with E-state index in [9.17, 15) is 19.0 Å². The van der Waals surface area contributed by atoms with Crippen molar-refractivity contribution in [3.63, 3.8) is 0 Å². The summed E-state index contributed by atoms with van der Waals surface area (Å²) >= 11 is 0. The molecule has 9 nitrogen and oxygen atoms in total. The van der Waals surface area contributed by atoms with Gasteiger partial charge >= 0.3 is 19.8 Å². The second-order valence-electron chi connectivity index (χ2n) is 17.5. The van der Waals surface area contributed by atoms with Crippen LogP contribution < -0.4 is 0 Å². The van der Waals surface area contributed by atoms with Gasteiger partial charge in [-0.05, 0) is 83.5 Å². The predicted octanol–water partition coefficient (Wildman–Crippen LogP) is 14.6. The van der Waals surface area contributed by atoms with Crippen molar-refractivity contribution < 1.29 is 42.1 Å². The normalized spacial score (nSPS) is 14.1. The Kier molecular flexibility index (Phi) is 41.9. The molecule has 1 N–H and O–H groups in total. The molecule has 0 rings (SSSR count). The van der Waals surface area contributed by atoms with Gasteiger partial charge in [-0.1, -0.05) is 170 Å². The van der Waals surface area contributed by atoms with E-state index in [0.717, 1.165) is 89.9 Å². The molecule has 10 heteroatoms. The number of carbonyl (C=O) groups excluding carboxylic acids is 2. The van der Waals surface area contributed by atoms with E-state index < -0.39 is 26.5 Å². The molecule has 0 aromatic rings. The highest BCUT2D eigenvalue weighted by molar-refractivity contribution is 7.47. The number of rotatable bonds is 44. The molecule has 0 aliphatic heterocycles. The van der Waals surface area contributed by atoms with Crippen LogP contribution >= 0.6 is 7.82 Å². The van der Waals surface area contributed by atoms with Crippen LogP contribution in [0.3, 0.4) is 0 Å². The minimum Gasteiger partial charge on any atom is -0.462 e. The molecule has 0 spiro atoms. The summed E-state index contributed by atoms with van der Waals surface area (Å²) in [5.41, 5.74) is 0. The number of quaternary nitrogens is 1. The van der Waals surface area contributed by atoms with Gasteiger partial charge in [0, 0.05) is 12.8 Å². The Morgan fingerprint density at radius 3 is 1.37 bits per heavy atom. The van der Waals surface area contributed by atoms with E-state index in [4.69, 9.17) is 18.5 Å². The quantitative estimate of drug-likeness (QED) is 0.0212. The van der Waals surface area contributed by atoms with Crippen LogP contribution in [-0.4, -0.2) is 74.9 Å². The fourth-order valence-electron chi connectivity index (χ4n) is 6.39. The summed E-state index contributed by atoms with van der Waals surface area (Å²) in [5.74, 6) is -0.830. The minimum atomic E-state index is -4.39. The van der Waals surface area contributed by atoms with Crippen molar-refractivity contribution in [2.45, 2.75) is 200 Å². The van der Waals surface area contributed by atoms with E-state index in [0.29, 0.717) is 23.9 Å². The highest BCUT2D eigenvalue weighted by atomic mass is 31.2. The first-order valence-electron chi connectivity index (χ1n) is 24.7. The third-order valence-corrected chi connectivity index (χ3v) is 11.2. The zero-order valence-corrected chi connectivity index (χ0v) is 41.2. The molecule has 0 bridgehead atoms. The number of likely N-dealkylation sites (N-methyl/N-ethyl adjacent to an activating group) is 1. The van der Waals surface area contributed by atoms with Crippen molar-refractivity contribution >= 4 is 19.8 Å². The van der Waals surface area contributed by atoms with Gasteiger partial charge in [0.2, 0.25) is 0 Å². The molecule has 0 saturated carbocycles. The van der Waals surface area contributed by atoms with Gasteiger partial charge in [0.1, 0.15) is 19.8 Å². The topological polar surface area (TPSA) is 108 Å². The van der Waals surface area contributed by atoms with E-state index in [2.05, 4.69) is 86.8 Å². The van der Waals surface area contributed by atoms with Gasteiger partial charge in [0.05, 0.1) is 27.7 Å². The van der Waals surface area contributed by atoms with Crippen LogP contribution in [0.5, 0.6) is 0 Å². The van der Waals surface area contributed by atoms with Gasteiger partial charge in [0.25, 0.3) is 0 Å². The standard InChI is InChI=1S/C52H92NO8P/c1-6-8-10-12-14-16-18-20-22-23-24-25-26-27-28-29-31-33-35-37-39-41-43-45-52(55)61-50(49-60-62(56,57)59-47-46-53(3,4)5)48-58-51(54)44-42-40-38-36-34-32-30-21-19-17-15-13-11-9-7-2/h9,11,15,17-18,20-21,23-24,26-27,30,50H,6-8,10,12-14,16,19,22,25,28-29,31-49H2,1-5H3/p+1/b11-9-,17-15-,20-18-,24-23-,27-26-,30-21-. The van der Waals surface area contributed by atoms with Gasteiger partial charge in [-0.15, -0.1) is 0 Å². The van der Waals surface area contributed by atoms with Gasteiger partial charge in [-0.25, -0.2) is 4.57 Å². The monoisotopic (exact) mass is 891 g/mol. The summed E-state index contributed by atoms with van der Waals surface area (Å²) < 4.78 is 34.4. The Bertz CT molecular complexity index is 1280. The number of phosphoric acid groups is 1. The lowest BCUT2D eigenvalue weighted by Crippen LogP contribution is -2.37. The average molecular weight is 891 g/mol. The Hall–Kier alpha value is -2.55. The van der Waals surface area contributed by atoms with E-state index in [1.54, 1.807) is 0 Å². The first-order chi connectivity index (χ1) is 30.0. The van der Waals surface area contributed by atoms with Crippen molar-refractivity contribution in [2.24, 2.45) is 0 Å². The maximum atomic E-state index is 12.7. The molecule has 0 saturated heterocycles. The molecule has 0 heterocycles. The fourth-order valence-corrected chi connectivity index (χ4v) is 7.13. The number of allylic oxidation sites excluding steroid dienone is 12. The molecule has 2 unspecified atom stereocenters. The van der Waals surface area contributed by atoms with Gasteiger partial charge in [-0.3, -0.25) is 18.6 Å². The molecule has 0 aliphatic rings. The Morgan fingerprint density at radius 1 is 0.516 bits per heavy atom. The summed E-state index contributed by atoms with van der Waals surface area (Å²) in [6.07, 6.45) is 55.2. The fraction of sp³-hybridized carbons (Fsp3) is 0.731. The van der Waals surface area contributed by atoms with Crippen LogP contribution in [0.25, 0.3) is 0 Å². The number of hydrogen-bond acceptors (Lipinski definition) is 7. The minimum absolute atomic E-state index is 0.0236. The number of unbranched alkanes of at least 4 members (excludes halogenated alkanes) is 18. The molecule has 358 valence electrons. The number of carbonyl (C=O) groups is 2. The van der Waals surface area contributed by atoms with Crippen LogP contribution in [-0.2, 0) is 32.7 Å². The molecule has 0 aromatic carbocycles. The van der Waals surface area contributed by atoms with Crippen LogP contribution in [0, 0.1) is 0 Å². The van der Waals surface area contributed by atoms with E-state index in [1.807, 2.05) is 21.1 Å². The van der Waals surface area contributed by atoms with Crippen molar-refractivity contribution in [1.82, 2.24) is 0 Å². The molecule has 0 aliphatic carbocycles.